The van der Waals surface area contributed by atoms with Gasteiger partial charge in [-0.05, 0) is 75.5 Å². The minimum absolute atomic E-state index is 0.261. The van der Waals surface area contributed by atoms with Gasteiger partial charge in [-0.2, -0.15) is 0 Å². The fourth-order valence-electron chi connectivity index (χ4n) is 2.65. The Labute approximate surface area is 131 Å². The fraction of sp³-hybridized carbons (Fsp3) is 0.571. The molecule has 5 heteroatoms. The molecule has 1 aromatic carbocycles. The Kier molecular flexibility index (Phi) is 5.69. The number of likely N-dealkylation sites (tertiary alicyclic amines) is 1. The first kappa shape index (κ1) is 15.3. The van der Waals surface area contributed by atoms with E-state index < -0.39 is 0 Å². The molecular weight excluding hydrogens is 372 g/mol. The Hall–Kier alpha value is -0.100. The normalized spacial score (nSPS) is 20.1. The van der Waals surface area contributed by atoms with Gasteiger partial charge in [0.2, 0.25) is 0 Å². The van der Waals surface area contributed by atoms with Crippen molar-refractivity contribution < 1.29 is 5.11 Å². The van der Waals surface area contributed by atoms with Crippen LogP contribution in [0.3, 0.4) is 0 Å². The van der Waals surface area contributed by atoms with Crippen molar-refractivity contribution >= 4 is 31.9 Å². The number of halogens is 2. The Morgan fingerprint density at radius 3 is 2.68 bits per heavy atom. The zero-order valence-electron chi connectivity index (χ0n) is 11.1. The molecule has 1 aliphatic heterocycles. The maximum atomic E-state index is 9.67. The van der Waals surface area contributed by atoms with E-state index in [4.69, 9.17) is 0 Å². The largest absolute Gasteiger partial charge is 0.506 e. The molecule has 1 heterocycles. The molecule has 19 heavy (non-hydrogen) atoms. The molecule has 0 saturated carbocycles. The van der Waals surface area contributed by atoms with Crippen molar-refractivity contribution in [2.45, 2.75) is 32.4 Å². The molecule has 1 fully saturated rings. The van der Waals surface area contributed by atoms with Crippen LogP contribution in [0.15, 0.2) is 21.1 Å². The molecule has 0 aliphatic carbocycles. The van der Waals surface area contributed by atoms with Gasteiger partial charge in [0.1, 0.15) is 5.75 Å². The van der Waals surface area contributed by atoms with E-state index in [0.717, 1.165) is 34.1 Å². The third-order valence-electron chi connectivity index (χ3n) is 3.69. The van der Waals surface area contributed by atoms with Crippen molar-refractivity contribution in [2.75, 3.05) is 19.6 Å². The van der Waals surface area contributed by atoms with Crippen molar-refractivity contribution in [3.63, 3.8) is 0 Å². The summed E-state index contributed by atoms with van der Waals surface area (Å²) in [4.78, 5) is 2.54. The van der Waals surface area contributed by atoms with Gasteiger partial charge in [0.05, 0.1) is 8.95 Å². The van der Waals surface area contributed by atoms with Crippen LogP contribution in [0.1, 0.15) is 25.3 Å². The maximum absolute atomic E-state index is 9.67. The summed E-state index contributed by atoms with van der Waals surface area (Å²) < 4.78 is 1.46. The van der Waals surface area contributed by atoms with E-state index in [9.17, 15) is 5.11 Å². The summed E-state index contributed by atoms with van der Waals surface area (Å²) in [7, 11) is 0. The Bertz CT molecular complexity index is 416. The highest BCUT2D eigenvalue weighted by atomic mass is 79.9. The Balaban J connectivity index is 1.86. The molecule has 2 rings (SSSR count). The number of benzene rings is 1. The highest BCUT2D eigenvalue weighted by molar-refractivity contribution is 9.11. The number of nitrogens with zero attached hydrogens (tertiary/aromatic N) is 1. The lowest BCUT2D eigenvalue weighted by atomic mass is 10.2. The third kappa shape index (κ3) is 3.94. The van der Waals surface area contributed by atoms with Gasteiger partial charge in [-0.3, -0.25) is 4.90 Å². The van der Waals surface area contributed by atoms with E-state index in [0.29, 0.717) is 6.04 Å². The van der Waals surface area contributed by atoms with Crippen molar-refractivity contribution in [2.24, 2.45) is 0 Å². The summed E-state index contributed by atoms with van der Waals surface area (Å²) >= 11 is 6.72. The summed E-state index contributed by atoms with van der Waals surface area (Å²) in [5.41, 5.74) is 1.16. The second-order valence-corrected chi connectivity index (χ2v) is 6.67. The van der Waals surface area contributed by atoms with E-state index in [1.807, 2.05) is 12.1 Å². The predicted octanol–water partition coefficient (Wildman–Crippen LogP) is 3.49. The summed E-state index contributed by atoms with van der Waals surface area (Å²) in [6.45, 7) is 6.46. The molecule has 0 amide bonds. The van der Waals surface area contributed by atoms with E-state index in [1.54, 1.807) is 0 Å². The Morgan fingerprint density at radius 2 is 2.05 bits per heavy atom. The van der Waals surface area contributed by atoms with Crippen LogP contribution in [0.5, 0.6) is 5.75 Å². The highest BCUT2D eigenvalue weighted by Crippen LogP contribution is 2.33. The number of rotatable bonds is 5. The number of aromatic hydroxyl groups is 1. The van der Waals surface area contributed by atoms with E-state index in [2.05, 4.69) is 49.0 Å². The van der Waals surface area contributed by atoms with Crippen molar-refractivity contribution in [3.8, 4) is 5.75 Å². The molecule has 3 nitrogen and oxygen atoms in total. The molecule has 2 N–H and O–H groups in total. The second kappa shape index (κ2) is 7.07. The van der Waals surface area contributed by atoms with Crippen molar-refractivity contribution in [1.29, 1.82) is 0 Å². The molecular formula is C14H20Br2N2O. The van der Waals surface area contributed by atoms with Crippen LogP contribution in [0.4, 0.5) is 0 Å². The lowest BCUT2D eigenvalue weighted by Crippen LogP contribution is -2.37. The molecule has 0 spiro atoms. The summed E-state index contributed by atoms with van der Waals surface area (Å²) in [5, 5.41) is 13.2. The van der Waals surface area contributed by atoms with Crippen LogP contribution in [-0.2, 0) is 6.54 Å². The number of likely N-dealkylation sites (N-methyl/N-ethyl adjacent to an activating group) is 1. The zero-order valence-corrected chi connectivity index (χ0v) is 14.3. The van der Waals surface area contributed by atoms with Gasteiger partial charge >= 0.3 is 0 Å². The number of hydrogen-bond acceptors (Lipinski definition) is 3. The molecule has 0 radical (unpaired) electrons. The molecule has 1 aliphatic rings. The minimum atomic E-state index is 0.261. The Morgan fingerprint density at radius 1 is 1.37 bits per heavy atom. The quantitative estimate of drug-likeness (QED) is 0.806. The van der Waals surface area contributed by atoms with E-state index >= 15 is 0 Å². The third-order valence-corrected chi connectivity index (χ3v) is 4.90. The first-order valence-electron chi connectivity index (χ1n) is 6.73. The fourth-order valence-corrected chi connectivity index (χ4v) is 3.93. The predicted molar refractivity (Wildman–Crippen MR) is 85.5 cm³/mol. The summed E-state index contributed by atoms with van der Waals surface area (Å²) in [6.07, 6.45) is 2.61. The van der Waals surface area contributed by atoms with Gasteiger partial charge in [-0.1, -0.05) is 6.92 Å². The molecule has 0 aromatic heterocycles. The maximum Gasteiger partial charge on any atom is 0.143 e. The van der Waals surface area contributed by atoms with Crippen LogP contribution >= 0.6 is 31.9 Å². The highest BCUT2D eigenvalue weighted by Gasteiger charge is 2.22. The standard InChI is InChI=1S/C14H20Br2N2O/c1-2-18-5-3-4-11(18)9-17-8-10-6-12(15)14(19)13(16)7-10/h6-7,11,17,19H,2-5,8-9H2,1H3. The van der Waals surface area contributed by atoms with Crippen molar-refractivity contribution in [3.05, 3.63) is 26.6 Å². The first-order chi connectivity index (χ1) is 9.11. The van der Waals surface area contributed by atoms with Gasteiger partial charge in [0, 0.05) is 19.1 Å². The minimum Gasteiger partial charge on any atom is -0.506 e. The average Bonchev–Trinajstić information content (AvgIpc) is 2.83. The topological polar surface area (TPSA) is 35.5 Å². The number of nitrogens with one attached hydrogen (secondary N) is 1. The lowest BCUT2D eigenvalue weighted by Gasteiger charge is -2.23. The monoisotopic (exact) mass is 390 g/mol. The first-order valence-corrected chi connectivity index (χ1v) is 8.32. The molecule has 1 unspecified atom stereocenters. The van der Waals surface area contributed by atoms with Gasteiger partial charge < -0.3 is 10.4 Å². The summed E-state index contributed by atoms with van der Waals surface area (Å²) in [6, 6.07) is 4.59. The van der Waals surface area contributed by atoms with Crippen LogP contribution in [0.2, 0.25) is 0 Å². The lowest BCUT2D eigenvalue weighted by molar-refractivity contribution is 0.260. The number of hydrogen-bond donors (Lipinski definition) is 2. The van der Waals surface area contributed by atoms with Gasteiger partial charge in [-0.15, -0.1) is 0 Å². The molecule has 1 atom stereocenters. The molecule has 1 saturated heterocycles. The van der Waals surface area contributed by atoms with Gasteiger partial charge in [-0.25, -0.2) is 0 Å². The number of phenols is 1. The van der Waals surface area contributed by atoms with E-state index in [-0.39, 0.29) is 5.75 Å². The smallest absolute Gasteiger partial charge is 0.143 e. The van der Waals surface area contributed by atoms with Crippen LogP contribution in [-0.4, -0.2) is 35.7 Å². The van der Waals surface area contributed by atoms with Gasteiger partial charge in [0.25, 0.3) is 0 Å². The van der Waals surface area contributed by atoms with Crippen molar-refractivity contribution in [1.82, 2.24) is 10.2 Å². The summed E-state index contributed by atoms with van der Waals surface area (Å²) in [5.74, 6) is 0.261. The average molecular weight is 392 g/mol. The molecule has 0 bridgehead atoms. The van der Waals surface area contributed by atoms with E-state index in [1.165, 1.54) is 19.4 Å². The van der Waals surface area contributed by atoms with Crippen LogP contribution < -0.4 is 5.32 Å². The van der Waals surface area contributed by atoms with Crippen LogP contribution in [0, 0.1) is 0 Å². The van der Waals surface area contributed by atoms with Crippen LogP contribution in [0.25, 0.3) is 0 Å². The SMILES string of the molecule is CCN1CCCC1CNCc1cc(Br)c(O)c(Br)c1. The number of phenolic OH excluding ortho intramolecular Hbond substituents is 1. The molecule has 1 aromatic rings. The second-order valence-electron chi connectivity index (χ2n) is 4.96. The molecule has 106 valence electrons. The zero-order chi connectivity index (χ0) is 13.8. The van der Waals surface area contributed by atoms with Gasteiger partial charge in [0.15, 0.2) is 0 Å².